The zero-order valence-electron chi connectivity index (χ0n) is 15.5. The number of carbonyl (C=O) groups is 1. The molecule has 5 nitrogen and oxygen atoms in total. The molecule has 1 fully saturated rings. The maximum Gasteiger partial charge on any atom is 0.410 e. The Morgan fingerprint density at radius 2 is 2.15 bits per heavy atom. The van der Waals surface area contributed by atoms with E-state index in [0.717, 1.165) is 37.9 Å². The van der Waals surface area contributed by atoms with E-state index in [4.69, 9.17) is 32.7 Å². The number of hydrogen-bond acceptors (Lipinski definition) is 4. The highest BCUT2D eigenvalue weighted by atomic mass is 35.5. The Balaban J connectivity index is 1.53. The minimum Gasteiger partial charge on any atom is -0.490 e. The number of fused-ring (bicyclic) bond motifs is 1. The number of nitrogens with one attached hydrogen (secondary N) is 1. The smallest absolute Gasteiger partial charge is 0.410 e. The summed E-state index contributed by atoms with van der Waals surface area (Å²) in [5.74, 6) is 0.674. The van der Waals surface area contributed by atoms with Crippen LogP contribution in [-0.2, 0) is 4.74 Å². The average Bonchev–Trinajstić information content (AvgIpc) is 3.17. The molecule has 1 aromatic rings. The summed E-state index contributed by atoms with van der Waals surface area (Å²) in [4.78, 5) is 14.2. The van der Waals surface area contributed by atoms with Crippen molar-refractivity contribution in [3.63, 3.8) is 0 Å². The Kier molecular flexibility index (Phi) is 5.90. The molecule has 0 saturated carbocycles. The first kappa shape index (κ1) is 19.6. The van der Waals surface area contributed by atoms with Crippen LogP contribution >= 0.6 is 23.2 Å². The maximum atomic E-state index is 12.4. The van der Waals surface area contributed by atoms with Crippen LogP contribution in [-0.4, -0.2) is 42.3 Å². The van der Waals surface area contributed by atoms with Gasteiger partial charge in [-0.3, -0.25) is 0 Å². The molecular weight excluding hydrogens is 375 g/mol. The van der Waals surface area contributed by atoms with Crippen LogP contribution in [0.5, 0.6) is 5.75 Å². The summed E-state index contributed by atoms with van der Waals surface area (Å²) in [5.41, 5.74) is 0.572. The van der Waals surface area contributed by atoms with Crippen LogP contribution in [0.15, 0.2) is 12.1 Å². The van der Waals surface area contributed by atoms with Crippen LogP contribution in [0.25, 0.3) is 0 Å². The van der Waals surface area contributed by atoms with Gasteiger partial charge in [0.05, 0.1) is 11.1 Å². The summed E-state index contributed by atoms with van der Waals surface area (Å²) in [7, 11) is 0. The zero-order chi connectivity index (χ0) is 18.9. The lowest BCUT2D eigenvalue weighted by atomic mass is 10.1. The summed E-state index contributed by atoms with van der Waals surface area (Å²) in [6.07, 6.45) is 2.70. The number of nitrogens with zero attached hydrogens (tertiary/aromatic N) is 1. The molecule has 0 aliphatic carbocycles. The van der Waals surface area contributed by atoms with Crippen molar-refractivity contribution < 1.29 is 14.3 Å². The summed E-state index contributed by atoms with van der Waals surface area (Å²) in [5, 5.41) is 4.49. The minimum absolute atomic E-state index is 0.0937. The van der Waals surface area contributed by atoms with E-state index in [2.05, 4.69) is 5.32 Å². The van der Waals surface area contributed by atoms with Crippen LogP contribution in [0.3, 0.4) is 0 Å². The van der Waals surface area contributed by atoms with Gasteiger partial charge >= 0.3 is 6.09 Å². The number of ether oxygens (including phenoxy) is 2. The van der Waals surface area contributed by atoms with Crippen LogP contribution in [0.4, 0.5) is 4.79 Å². The van der Waals surface area contributed by atoms with Gasteiger partial charge in [-0.05, 0) is 52.6 Å². The molecule has 2 aliphatic heterocycles. The quantitative estimate of drug-likeness (QED) is 0.787. The summed E-state index contributed by atoms with van der Waals surface area (Å²) >= 11 is 12.2. The second kappa shape index (κ2) is 7.83. The normalized spacial score (nSPS) is 22.3. The monoisotopic (exact) mass is 400 g/mol. The Hall–Kier alpha value is -1.17. The van der Waals surface area contributed by atoms with Gasteiger partial charge in [-0.25, -0.2) is 4.79 Å². The number of hydrogen-bond donors (Lipinski definition) is 1. The van der Waals surface area contributed by atoms with Crippen LogP contribution in [0.2, 0.25) is 10.0 Å². The molecule has 2 aliphatic rings. The van der Waals surface area contributed by atoms with E-state index in [9.17, 15) is 4.79 Å². The molecule has 0 aromatic heterocycles. The van der Waals surface area contributed by atoms with E-state index in [1.807, 2.05) is 31.7 Å². The predicted octanol–water partition coefficient (Wildman–Crippen LogP) is 4.81. The van der Waals surface area contributed by atoms with Crippen molar-refractivity contribution in [3.05, 3.63) is 27.7 Å². The van der Waals surface area contributed by atoms with Crippen molar-refractivity contribution in [2.45, 2.75) is 57.7 Å². The molecule has 1 N–H and O–H groups in total. The molecule has 1 aromatic carbocycles. The number of rotatable bonds is 4. The molecule has 26 heavy (non-hydrogen) atoms. The zero-order valence-corrected chi connectivity index (χ0v) is 17.0. The third kappa shape index (κ3) is 4.38. The highest BCUT2D eigenvalue weighted by Crippen LogP contribution is 2.42. The Labute approximate surface area is 164 Å². The van der Waals surface area contributed by atoms with Gasteiger partial charge in [-0.15, -0.1) is 0 Å². The first-order valence-electron chi connectivity index (χ1n) is 9.10. The predicted molar refractivity (Wildman–Crippen MR) is 103 cm³/mol. The topological polar surface area (TPSA) is 50.8 Å². The van der Waals surface area contributed by atoms with Gasteiger partial charge in [0.1, 0.15) is 23.0 Å². The lowest BCUT2D eigenvalue weighted by molar-refractivity contribution is 0.0220. The van der Waals surface area contributed by atoms with E-state index in [-0.39, 0.29) is 18.2 Å². The molecule has 1 amide bonds. The number of halogens is 2. The molecule has 2 heterocycles. The van der Waals surface area contributed by atoms with E-state index >= 15 is 0 Å². The number of benzene rings is 1. The van der Waals surface area contributed by atoms with Crippen molar-refractivity contribution in [1.82, 2.24) is 10.2 Å². The van der Waals surface area contributed by atoms with Crippen molar-refractivity contribution >= 4 is 29.3 Å². The highest BCUT2D eigenvalue weighted by molar-refractivity contribution is 6.43. The lowest BCUT2D eigenvalue weighted by Gasteiger charge is -2.29. The van der Waals surface area contributed by atoms with Gasteiger partial charge in [0.15, 0.2) is 0 Å². The molecule has 2 atom stereocenters. The third-order valence-electron chi connectivity index (χ3n) is 4.72. The van der Waals surface area contributed by atoms with Crippen molar-refractivity contribution in [3.8, 4) is 5.75 Å². The second-order valence-corrected chi connectivity index (χ2v) is 8.64. The van der Waals surface area contributed by atoms with Crippen molar-refractivity contribution in [2.24, 2.45) is 0 Å². The summed E-state index contributed by atoms with van der Waals surface area (Å²) in [6.45, 7) is 7.78. The third-order valence-corrected chi connectivity index (χ3v) is 5.51. The highest BCUT2D eigenvalue weighted by Gasteiger charge is 2.32. The summed E-state index contributed by atoms with van der Waals surface area (Å²) in [6, 6.07) is 4.06. The largest absolute Gasteiger partial charge is 0.490 e. The molecule has 1 unspecified atom stereocenters. The first-order valence-corrected chi connectivity index (χ1v) is 9.85. The van der Waals surface area contributed by atoms with E-state index < -0.39 is 5.60 Å². The van der Waals surface area contributed by atoms with Crippen molar-refractivity contribution in [2.75, 3.05) is 19.7 Å². The van der Waals surface area contributed by atoms with Gasteiger partial charge in [-0.1, -0.05) is 29.3 Å². The van der Waals surface area contributed by atoms with E-state index in [1.54, 1.807) is 6.07 Å². The minimum atomic E-state index is -0.464. The fourth-order valence-corrected chi connectivity index (χ4v) is 3.89. The fourth-order valence-electron chi connectivity index (χ4n) is 3.51. The number of carbonyl (C=O) groups excluding carboxylic acids is 1. The van der Waals surface area contributed by atoms with Crippen molar-refractivity contribution in [1.29, 1.82) is 0 Å². The lowest BCUT2D eigenvalue weighted by Crippen LogP contribution is -2.41. The molecule has 0 spiro atoms. The van der Waals surface area contributed by atoms with Gasteiger partial charge in [0, 0.05) is 18.2 Å². The van der Waals surface area contributed by atoms with Gasteiger partial charge in [0.25, 0.3) is 0 Å². The molecular formula is C19H26Cl2N2O3. The average molecular weight is 401 g/mol. The molecule has 3 rings (SSSR count). The Morgan fingerprint density at radius 1 is 1.38 bits per heavy atom. The number of amides is 1. The molecule has 1 saturated heterocycles. The molecule has 0 radical (unpaired) electrons. The maximum absolute atomic E-state index is 12.4. The first-order chi connectivity index (χ1) is 12.3. The Bertz CT molecular complexity index is 675. The Morgan fingerprint density at radius 3 is 2.88 bits per heavy atom. The van der Waals surface area contributed by atoms with Gasteiger partial charge < -0.3 is 19.7 Å². The SMILES string of the molecule is CC(C)(C)OC(=O)N1CCC[C@H]1CCNC1COc2c1ccc(Cl)c2Cl. The second-order valence-electron chi connectivity index (χ2n) is 7.86. The standard InChI is InChI=1S/C19H26Cl2N2O3/c1-19(2,3)26-18(24)23-10-4-5-12(23)8-9-22-15-11-25-17-13(15)6-7-14(20)16(17)21/h6-7,12,15,22H,4-5,8-11H2,1-3H3/t12-,15?/m0/s1. The summed E-state index contributed by atoms with van der Waals surface area (Å²) < 4.78 is 11.2. The molecule has 7 heteroatoms. The van der Waals surface area contributed by atoms with Gasteiger partial charge in [0.2, 0.25) is 0 Å². The van der Waals surface area contributed by atoms with Crippen LogP contribution in [0.1, 0.15) is 51.6 Å². The van der Waals surface area contributed by atoms with Crippen LogP contribution < -0.4 is 10.1 Å². The fraction of sp³-hybridized carbons (Fsp3) is 0.632. The molecule has 0 bridgehead atoms. The van der Waals surface area contributed by atoms with Gasteiger partial charge in [-0.2, -0.15) is 0 Å². The van der Waals surface area contributed by atoms with Crippen LogP contribution in [0, 0.1) is 0 Å². The molecule has 144 valence electrons. The number of likely N-dealkylation sites (tertiary alicyclic amines) is 1. The van der Waals surface area contributed by atoms with E-state index in [0.29, 0.717) is 22.4 Å². The van der Waals surface area contributed by atoms with E-state index in [1.165, 1.54) is 0 Å².